The molecule has 1 aromatic rings. The van der Waals surface area contributed by atoms with Crippen LogP contribution in [-0.4, -0.2) is 48.6 Å². The lowest BCUT2D eigenvalue weighted by atomic mass is 10.4. The summed E-state index contributed by atoms with van der Waals surface area (Å²) in [6, 6.07) is 1.83. The zero-order chi connectivity index (χ0) is 13.6. The van der Waals surface area contributed by atoms with E-state index < -0.39 is 10.0 Å². The Morgan fingerprint density at radius 1 is 1.44 bits per heavy atom. The Kier molecular flexibility index (Phi) is 5.49. The second kappa shape index (κ2) is 6.65. The molecule has 6 nitrogen and oxygen atoms in total. The first-order valence-corrected chi connectivity index (χ1v) is 7.77. The molecule has 7 heteroatoms. The molecule has 18 heavy (non-hydrogen) atoms. The molecule has 0 saturated heterocycles. The highest BCUT2D eigenvalue weighted by Gasteiger charge is 2.12. The molecule has 1 N–H and O–H groups in total. The summed E-state index contributed by atoms with van der Waals surface area (Å²) < 4.78 is 24.2. The second-order valence-corrected chi connectivity index (χ2v) is 6.04. The number of aromatic nitrogens is 2. The Hall–Kier alpha value is -1.21. The van der Waals surface area contributed by atoms with E-state index >= 15 is 0 Å². The van der Waals surface area contributed by atoms with E-state index in [1.54, 1.807) is 6.20 Å². The Bertz CT molecular complexity index is 476. The summed E-state index contributed by atoms with van der Waals surface area (Å²) >= 11 is 0. The number of nitrogens with zero attached hydrogens (tertiary/aromatic N) is 3. The van der Waals surface area contributed by atoms with E-state index in [1.165, 1.54) is 10.6 Å². The SMILES string of the molecule is CCN(CCCNc1nccc(C)n1)S(C)(=O)=O. The van der Waals surface area contributed by atoms with Gasteiger partial charge in [-0.25, -0.2) is 22.7 Å². The fraction of sp³-hybridized carbons (Fsp3) is 0.636. The number of anilines is 1. The van der Waals surface area contributed by atoms with E-state index in [1.807, 2.05) is 19.9 Å². The van der Waals surface area contributed by atoms with Gasteiger partial charge < -0.3 is 5.32 Å². The first kappa shape index (κ1) is 14.8. The van der Waals surface area contributed by atoms with Gasteiger partial charge in [-0.3, -0.25) is 0 Å². The van der Waals surface area contributed by atoms with Crippen LogP contribution in [0.3, 0.4) is 0 Å². The first-order chi connectivity index (χ1) is 8.43. The minimum absolute atomic E-state index is 0.500. The van der Waals surface area contributed by atoms with Crippen LogP contribution in [0.4, 0.5) is 5.95 Å². The quantitative estimate of drug-likeness (QED) is 0.745. The Labute approximate surface area is 108 Å². The fourth-order valence-electron chi connectivity index (χ4n) is 1.55. The molecule has 0 amide bonds. The number of nitrogens with one attached hydrogen (secondary N) is 1. The molecule has 0 saturated carbocycles. The van der Waals surface area contributed by atoms with Crippen LogP contribution in [0, 0.1) is 6.92 Å². The van der Waals surface area contributed by atoms with Gasteiger partial charge in [-0.15, -0.1) is 0 Å². The average molecular weight is 272 g/mol. The van der Waals surface area contributed by atoms with Gasteiger partial charge in [-0.05, 0) is 19.4 Å². The van der Waals surface area contributed by atoms with Crippen molar-refractivity contribution in [1.82, 2.24) is 14.3 Å². The maximum atomic E-state index is 11.4. The van der Waals surface area contributed by atoms with Gasteiger partial charge in [0.15, 0.2) is 0 Å². The predicted octanol–water partition coefficient (Wildman–Crippen LogP) is 0.869. The van der Waals surface area contributed by atoms with Gasteiger partial charge in [0, 0.05) is 31.5 Å². The third kappa shape index (κ3) is 4.97. The number of hydrogen-bond acceptors (Lipinski definition) is 5. The molecule has 0 aromatic carbocycles. The highest BCUT2D eigenvalue weighted by Crippen LogP contribution is 2.01. The molecule has 0 unspecified atom stereocenters. The topological polar surface area (TPSA) is 75.2 Å². The van der Waals surface area contributed by atoms with E-state index in [0.29, 0.717) is 25.6 Å². The van der Waals surface area contributed by atoms with Crippen molar-refractivity contribution in [1.29, 1.82) is 0 Å². The van der Waals surface area contributed by atoms with Gasteiger partial charge in [-0.2, -0.15) is 0 Å². The molecule has 0 fully saturated rings. The second-order valence-electron chi connectivity index (χ2n) is 4.06. The molecule has 0 bridgehead atoms. The third-order valence-electron chi connectivity index (χ3n) is 2.48. The summed E-state index contributed by atoms with van der Waals surface area (Å²) in [5, 5.41) is 3.07. The summed E-state index contributed by atoms with van der Waals surface area (Å²) in [6.45, 7) is 5.39. The lowest BCUT2D eigenvalue weighted by Gasteiger charge is -2.17. The normalized spacial score (nSPS) is 11.8. The summed E-state index contributed by atoms with van der Waals surface area (Å²) in [5.41, 5.74) is 0.902. The Morgan fingerprint density at radius 3 is 2.72 bits per heavy atom. The van der Waals surface area contributed by atoms with Crippen molar-refractivity contribution in [3.63, 3.8) is 0 Å². The molecule has 0 radical (unpaired) electrons. The summed E-state index contributed by atoms with van der Waals surface area (Å²) in [4.78, 5) is 8.28. The van der Waals surface area contributed by atoms with Gasteiger partial charge in [0.25, 0.3) is 0 Å². The zero-order valence-electron chi connectivity index (χ0n) is 11.0. The average Bonchev–Trinajstić information content (AvgIpc) is 2.27. The molecule has 102 valence electrons. The van der Waals surface area contributed by atoms with E-state index in [9.17, 15) is 8.42 Å². The standard InChI is InChI=1S/C11H20N4O2S/c1-4-15(18(3,16)17)9-5-7-12-11-13-8-6-10(2)14-11/h6,8H,4-5,7,9H2,1-3H3,(H,12,13,14). The van der Waals surface area contributed by atoms with E-state index in [4.69, 9.17) is 0 Å². The summed E-state index contributed by atoms with van der Waals surface area (Å²) in [6.07, 6.45) is 3.64. The van der Waals surface area contributed by atoms with Gasteiger partial charge in [0.1, 0.15) is 0 Å². The molecule has 0 aliphatic carbocycles. The van der Waals surface area contributed by atoms with Crippen LogP contribution >= 0.6 is 0 Å². The van der Waals surface area contributed by atoms with Crippen LogP contribution in [-0.2, 0) is 10.0 Å². The monoisotopic (exact) mass is 272 g/mol. The zero-order valence-corrected chi connectivity index (χ0v) is 11.9. The third-order valence-corrected chi connectivity index (χ3v) is 3.86. The molecule has 0 aliphatic rings. The highest BCUT2D eigenvalue weighted by atomic mass is 32.2. The molecular formula is C11H20N4O2S. The maximum absolute atomic E-state index is 11.4. The van der Waals surface area contributed by atoms with Gasteiger partial charge >= 0.3 is 0 Å². The van der Waals surface area contributed by atoms with Crippen LogP contribution in [0.5, 0.6) is 0 Å². The predicted molar refractivity (Wildman–Crippen MR) is 72.0 cm³/mol. The fourth-order valence-corrected chi connectivity index (χ4v) is 2.48. The van der Waals surface area contributed by atoms with Crippen LogP contribution in [0.2, 0.25) is 0 Å². The molecule has 1 heterocycles. The largest absolute Gasteiger partial charge is 0.354 e. The molecule has 0 aliphatic heterocycles. The molecule has 0 atom stereocenters. The number of aryl methyl sites for hydroxylation is 1. The van der Waals surface area contributed by atoms with Crippen LogP contribution in [0.15, 0.2) is 12.3 Å². The van der Waals surface area contributed by atoms with Crippen LogP contribution < -0.4 is 5.32 Å². The van der Waals surface area contributed by atoms with Gasteiger partial charge in [0.05, 0.1) is 6.26 Å². The van der Waals surface area contributed by atoms with E-state index in [0.717, 1.165) is 12.1 Å². The van der Waals surface area contributed by atoms with Crippen molar-refractivity contribution in [2.45, 2.75) is 20.3 Å². The molecular weight excluding hydrogens is 252 g/mol. The maximum Gasteiger partial charge on any atom is 0.222 e. The minimum Gasteiger partial charge on any atom is -0.354 e. The molecule has 1 rings (SSSR count). The highest BCUT2D eigenvalue weighted by molar-refractivity contribution is 7.88. The number of hydrogen-bond donors (Lipinski definition) is 1. The number of sulfonamides is 1. The lowest BCUT2D eigenvalue weighted by Crippen LogP contribution is -2.31. The molecule has 0 spiro atoms. The lowest BCUT2D eigenvalue weighted by molar-refractivity contribution is 0.428. The van der Waals surface area contributed by atoms with E-state index in [2.05, 4.69) is 15.3 Å². The minimum atomic E-state index is -3.09. The van der Waals surface area contributed by atoms with Gasteiger partial charge in [-0.1, -0.05) is 6.92 Å². The Morgan fingerprint density at radius 2 is 2.17 bits per heavy atom. The van der Waals surface area contributed by atoms with Crippen molar-refractivity contribution in [3.05, 3.63) is 18.0 Å². The Balaban J connectivity index is 2.35. The summed E-state index contributed by atoms with van der Waals surface area (Å²) in [5.74, 6) is 0.581. The smallest absolute Gasteiger partial charge is 0.222 e. The first-order valence-electron chi connectivity index (χ1n) is 5.92. The van der Waals surface area contributed by atoms with Crippen molar-refractivity contribution in [2.75, 3.05) is 31.2 Å². The van der Waals surface area contributed by atoms with Crippen molar-refractivity contribution in [2.24, 2.45) is 0 Å². The van der Waals surface area contributed by atoms with E-state index in [-0.39, 0.29) is 0 Å². The van der Waals surface area contributed by atoms with Crippen molar-refractivity contribution in [3.8, 4) is 0 Å². The van der Waals surface area contributed by atoms with Crippen molar-refractivity contribution < 1.29 is 8.42 Å². The molecule has 1 aromatic heterocycles. The van der Waals surface area contributed by atoms with Crippen LogP contribution in [0.1, 0.15) is 19.0 Å². The summed E-state index contributed by atoms with van der Waals surface area (Å²) in [7, 11) is -3.09. The number of rotatable bonds is 7. The van der Waals surface area contributed by atoms with Gasteiger partial charge in [0.2, 0.25) is 16.0 Å². The van der Waals surface area contributed by atoms with Crippen molar-refractivity contribution >= 4 is 16.0 Å². The van der Waals surface area contributed by atoms with Crippen LogP contribution in [0.25, 0.3) is 0 Å².